The summed E-state index contributed by atoms with van der Waals surface area (Å²) in [6.07, 6.45) is 0. The number of hydrazine groups is 1. The first-order valence-corrected chi connectivity index (χ1v) is 7.47. The Hall–Kier alpha value is -2.77. The summed E-state index contributed by atoms with van der Waals surface area (Å²) < 4.78 is 5.08. The van der Waals surface area contributed by atoms with E-state index < -0.39 is 29.0 Å². The van der Waals surface area contributed by atoms with E-state index in [-0.39, 0.29) is 0 Å². The fraction of sp³-hybridized carbons (Fsp3) is 0.438. The summed E-state index contributed by atoms with van der Waals surface area (Å²) in [6, 6.07) is 5.45. The lowest BCUT2D eigenvalue weighted by atomic mass is 9.92. The van der Waals surface area contributed by atoms with Gasteiger partial charge in [-0.2, -0.15) is 5.01 Å². The molecule has 1 aliphatic heterocycles. The zero-order chi connectivity index (χ0) is 18.1. The number of amides is 5. The highest BCUT2D eigenvalue weighted by Gasteiger charge is 2.50. The molecule has 1 fully saturated rings. The average molecular weight is 334 g/mol. The van der Waals surface area contributed by atoms with Gasteiger partial charge in [-0.25, -0.2) is 15.0 Å². The number of nitrogens with zero attached hydrogens (tertiary/aromatic N) is 1. The van der Waals surface area contributed by atoms with E-state index in [1.807, 2.05) is 0 Å². The number of methoxy groups -OCH3 is 1. The first kappa shape index (κ1) is 17.6. The predicted molar refractivity (Wildman–Crippen MR) is 87.1 cm³/mol. The second-order valence-electron chi connectivity index (χ2n) is 6.74. The standard InChI is InChI=1S/C16H22N4O4/c1-15(2,3)17-13(22)19-20-12(21)16(4,18-14(20)23)10-6-8-11(24-5)9-7-10/h6-9H,1-5H3,(H,18,23)(H2,17,19,22)/t16-/m0/s1. The minimum atomic E-state index is -1.27. The van der Waals surface area contributed by atoms with Crippen molar-refractivity contribution < 1.29 is 19.1 Å². The topological polar surface area (TPSA) is 99.8 Å². The lowest BCUT2D eigenvalue weighted by Gasteiger charge is -2.24. The van der Waals surface area contributed by atoms with Crippen molar-refractivity contribution >= 4 is 18.0 Å². The molecule has 0 saturated carbocycles. The maximum Gasteiger partial charge on any atom is 0.344 e. The van der Waals surface area contributed by atoms with E-state index in [1.165, 1.54) is 0 Å². The van der Waals surface area contributed by atoms with Gasteiger partial charge >= 0.3 is 12.1 Å². The van der Waals surface area contributed by atoms with Crippen molar-refractivity contribution in [3.8, 4) is 5.75 Å². The van der Waals surface area contributed by atoms with E-state index >= 15 is 0 Å². The van der Waals surface area contributed by atoms with Gasteiger partial charge in [0.1, 0.15) is 11.3 Å². The molecule has 3 N–H and O–H groups in total. The van der Waals surface area contributed by atoms with Crippen LogP contribution in [0.5, 0.6) is 5.75 Å². The Balaban J connectivity index is 2.19. The summed E-state index contributed by atoms with van der Waals surface area (Å²) >= 11 is 0. The minimum absolute atomic E-state index is 0.497. The summed E-state index contributed by atoms with van der Waals surface area (Å²) in [4.78, 5) is 36.7. The molecule has 1 saturated heterocycles. The highest BCUT2D eigenvalue weighted by molar-refractivity contribution is 6.08. The smallest absolute Gasteiger partial charge is 0.344 e. The van der Waals surface area contributed by atoms with Gasteiger partial charge in [0, 0.05) is 5.54 Å². The Bertz CT molecular complexity index is 666. The van der Waals surface area contributed by atoms with Crippen LogP contribution >= 0.6 is 0 Å². The molecule has 0 radical (unpaired) electrons. The van der Waals surface area contributed by atoms with Crippen LogP contribution in [0.4, 0.5) is 9.59 Å². The van der Waals surface area contributed by atoms with Crippen LogP contribution < -0.4 is 20.8 Å². The molecular weight excluding hydrogens is 312 g/mol. The summed E-state index contributed by atoms with van der Waals surface area (Å²) in [7, 11) is 1.54. The molecule has 24 heavy (non-hydrogen) atoms. The molecule has 1 atom stereocenters. The number of nitrogens with one attached hydrogen (secondary N) is 3. The predicted octanol–water partition coefficient (Wildman–Crippen LogP) is 1.47. The highest BCUT2D eigenvalue weighted by atomic mass is 16.5. The van der Waals surface area contributed by atoms with Gasteiger partial charge in [-0.15, -0.1) is 0 Å². The normalized spacial score (nSPS) is 20.6. The zero-order valence-electron chi connectivity index (χ0n) is 14.4. The van der Waals surface area contributed by atoms with Gasteiger partial charge in [0.25, 0.3) is 5.91 Å². The van der Waals surface area contributed by atoms with Gasteiger partial charge < -0.3 is 15.4 Å². The lowest BCUT2D eigenvalue weighted by Crippen LogP contribution is -2.55. The van der Waals surface area contributed by atoms with Crippen LogP contribution in [-0.4, -0.2) is 35.6 Å². The third-order valence-electron chi connectivity index (χ3n) is 3.56. The van der Waals surface area contributed by atoms with Crippen molar-refractivity contribution in [1.82, 2.24) is 21.1 Å². The van der Waals surface area contributed by atoms with E-state index in [0.29, 0.717) is 16.3 Å². The van der Waals surface area contributed by atoms with Crippen LogP contribution in [0.25, 0.3) is 0 Å². The van der Waals surface area contributed by atoms with Crippen LogP contribution in [0.2, 0.25) is 0 Å². The number of carbonyl (C=O) groups is 3. The summed E-state index contributed by atoms with van der Waals surface area (Å²) in [5.74, 6) is 0.0698. The molecule has 1 heterocycles. The molecule has 0 aromatic heterocycles. The molecular formula is C16H22N4O4. The van der Waals surface area contributed by atoms with Gasteiger partial charge in [-0.05, 0) is 45.4 Å². The first-order valence-electron chi connectivity index (χ1n) is 7.47. The quantitative estimate of drug-likeness (QED) is 0.729. The molecule has 1 aliphatic rings. The van der Waals surface area contributed by atoms with Gasteiger partial charge in [0.2, 0.25) is 0 Å². The molecule has 0 unspecified atom stereocenters. The summed E-state index contributed by atoms with van der Waals surface area (Å²) in [6.45, 7) is 6.96. The molecule has 1 aromatic rings. The van der Waals surface area contributed by atoms with E-state index in [2.05, 4.69) is 16.1 Å². The van der Waals surface area contributed by atoms with E-state index in [0.717, 1.165) is 0 Å². The van der Waals surface area contributed by atoms with Crippen molar-refractivity contribution in [2.75, 3.05) is 7.11 Å². The van der Waals surface area contributed by atoms with E-state index in [1.54, 1.807) is 59.1 Å². The van der Waals surface area contributed by atoms with Crippen LogP contribution in [0.3, 0.4) is 0 Å². The average Bonchev–Trinajstić information content (AvgIpc) is 2.70. The van der Waals surface area contributed by atoms with Gasteiger partial charge in [0.15, 0.2) is 0 Å². The number of imide groups is 1. The maximum absolute atomic E-state index is 12.7. The lowest BCUT2D eigenvalue weighted by molar-refractivity contribution is -0.132. The highest BCUT2D eigenvalue weighted by Crippen LogP contribution is 2.29. The SMILES string of the molecule is COc1ccc([C@]2(C)NC(=O)N(NC(=O)NC(C)(C)C)C2=O)cc1. The van der Waals surface area contributed by atoms with Crippen LogP contribution in [0, 0.1) is 0 Å². The zero-order valence-corrected chi connectivity index (χ0v) is 14.4. The first-order chi connectivity index (χ1) is 11.1. The van der Waals surface area contributed by atoms with Gasteiger partial charge in [-0.3, -0.25) is 4.79 Å². The Kier molecular flexibility index (Phi) is 4.42. The second kappa shape index (κ2) is 6.03. The molecule has 130 valence electrons. The van der Waals surface area contributed by atoms with Crippen LogP contribution in [-0.2, 0) is 10.3 Å². The van der Waals surface area contributed by atoms with E-state index in [9.17, 15) is 14.4 Å². The molecule has 1 aromatic carbocycles. The summed E-state index contributed by atoms with van der Waals surface area (Å²) in [5, 5.41) is 5.92. The van der Waals surface area contributed by atoms with Crippen molar-refractivity contribution in [3.63, 3.8) is 0 Å². The number of hydrogen-bond donors (Lipinski definition) is 3. The Morgan fingerprint density at radius 1 is 1.21 bits per heavy atom. The molecule has 8 heteroatoms. The molecule has 2 rings (SSSR count). The maximum atomic E-state index is 12.7. The number of benzene rings is 1. The summed E-state index contributed by atoms with van der Waals surface area (Å²) in [5.41, 5.74) is 1.10. The molecule has 0 spiro atoms. The fourth-order valence-corrected chi connectivity index (χ4v) is 2.33. The Morgan fingerprint density at radius 3 is 2.29 bits per heavy atom. The monoisotopic (exact) mass is 334 g/mol. The van der Waals surface area contributed by atoms with Gasteiger partial charge in [-0.1, -0.05) is 12.1 Å². The van der Waals surface area contributed by atoms with Crippen molar-refractivity contribution in [2.45, 2.75) is 38.8 Å². The number of hydrogen-bond acceptors (Lipinski definition) is 4. The van der Waals surface area contributed by atoms with Crippen molar-refractivity contribution in [2.24, 2.45) is 0 Å². The minimum Gasteiger partial charge on any atom is -0.497 e. The molecule has 5 amide bonds. The van der Waals surface area contributed by atoms with Crippen molar-refractivity contribution in [1.29, 1.82) is 0 Å². The van der Waals surface area contributed by atoms with Gasteiger partial charge in [0.05, 0.1) is 7.11 Å². The Morgan fingerprint density at radius 2 is 1.79 bits per heavy atom. The molecule has 0 bridgehead atoms. The number of ether oxygens (including phenoxy) is 1. The Labute approximate surface area is 140 Å². The van der Waals surface area contributed by atoms with Crippen LogP contribution in [0.15, 0.2) is 24.3 Å². The third kappa shape index (κ3) is 3.42. The van der Waals surface area contributed by atoms with Crippen molar-refractivity contribution in [3.05, 3.63) is 29.8 Å². The number of urea groups is 2. The molecule has 0 aliphatic carbocycles. The number of carbonyl (C=O) groups excluding carboxylic acids is 3. The third-order valence-corrected chi connectivity index (χ3v) is 3.56. The van der Waals surface area contributed by atoms with E-state index in [4.69, 9.17) is 4.74 Å². The molecule has 8 nitrogen and oxygen atoms in total. The largest absolute Gasteiger partial charge is 0.497 e. The van der Waals surface area contributed by atoms with Crippen LogP contribution in [0.1, 0.15) is 33.3 Å². The number of rotatable bonds is 3. The fourth-order valence-electron chi connectivity index (χ4n) is 2.33. The second-order valence-corrected chi connectivity index (χ2v) is 6.74.